The number of hydrogen-bond donors (Lipinski definition) is 2. The summed E-state index contributed by atoms with van der Waals surface area (Å²) in [5.74, 6) is 1.09. The van der Waals surface area contributed by atoms with Crippen LogP contribution in [-0.2, 0) is 10.0 Å². The number of carboxylic acids is 1. The highest BCUT2D eigenvalue weighted by Crippen LogP contribution is 2.25. The summed E-state index contributed by atoms with van der Waals surface area (Å²) >= 11 is 0.708. The lowest BCUT2D eigenvalue weighted by molar-refractivity contribution is 0.0701. The van der Waals surface area contributed by atoms with Crippen LogP contribution >= 0.6 is 11.3 Å². The van der Waals surface area contributed by atoms with Gasteiger partial charge in [-0.25, -0.2) is 13.2 Å². The lowest BCUT2D eigenvalue weighted by Crippen LogP contribution is -2.30. The maximum Gasteiger partial charge on any atom is 0.346 e. The first-order valence-corrected chi connectivity index (χ1v) is 6.90. The molecular weight excluding hydrogens is 262 g/mol. The predicted octanol–water partition coefficient (Wildman–Crippen LogP) is 1.05. The van der Waals surface area contributed by atoms with Crippen molar-refractivity contribution in [3.05, 3.63) is 16.5 Å². The molecule has 1 aromatic rings. The van der Waals surface area contributed by atoms with Gasteiger partial charge in [0, 0.05) is 0 Å². The Kier molecular flexibility index (Phi) is 3.93. The molecule has 1 aromatic heterocycles. The van der Waals surface area contributed by atoms with E-state index in [1.165, 1.54) is 13.0 Å². The van der Waals surface area contributed by atoms with Crippen LogP contribution in [0, 0.1) is 19.3 Å². The van der Waals surface area contributed by atoms with E-state index in [1.807, 2.05) is 0 Å². The van der Waals surface area contributed by atoms with Gasteiger partial charge in [0.15, 0.2) is 0 Å². The van der Waals surface area contributed by atoms with Gasteiger partial charge in [0.25, 0.3) is 10.0 Å². The quantitative estimate of drug-likeness (QED) is 0.803. The topological polar surface area (TPSA) is 83.5 Å². The van der Waals surface area contributed by atoms with E-state index < -0.39 is 22.0 Å². The number of rotatable bonds is 4. The van der Waals surface area contributed by atoms with E-state index >= 15 is 0 Å². The molecule has 0 spiro atoms. The van der Waals surface area contributed by atoms with Crippen LogP contribution in [0.2, 0.25) is 0 Å². The molecule has 0 fully saturated rings. The molecule has 1 rings (SSSR count). The van der Waals surface area contributed by atoms with Crippen LogP contribution in [0.15, 0.2) is 10.3 Å². The third-order valence-electron chi connectivity index (χ3n) is 1.94. The van der Waals surface area contributed by atoms with Crippen LogP contribution in [0.25, 0.3) is 0 Å². The average molecular weight is 273 g/mol. The summed E-state index contributed by atoms with van der Waals surface area (Å²) in [6.45, 7) is 3.07. The molecule has 1 unspecified atom stereocenters. The maximum atomic E-state index is 11.8. The van der Waals surface area contributed by atoms with Crippen molar-refractivity contribution in [2.24, 2.45) is 0 Å². The van der Waals surface area contributed by atoms with Crippen molar-refractivity contribution in [2.45, 2.75) is 24.1 Å². The lowest BCUT2D eigenvalue weighted by atomic mass is 10.3. The summed E-state index contributed by atoms with van der Waals surface area (Å²) < 4.78 is 25.8. The highest BCUT2D eigenvalue weighted by atomic mass is 32.2. The SMILES string of the molecule is C#CC(C)NS(=O)(=O)c1cc(C)c(C(=O)O)s1. The number of terminal acetylenes is 1. The predicted molar refractivity (Wildman–Crippen MR) is 64.6 cm³/mol. The fourth-order valence-corrected chi connectivity index (χ4v) is 3.68. The molecule has 0 aliphatic rings. The normalized spacial score (nSPS) is 13.0. The summed E-state index contributed by atoms with van der Waals surface area (Å²) in [5.41, 5.74) is 0.413. The van der Waals surface area contributed by atoms with Crippen molar-refractivity contribution in [1.82, 2.24) is 4.72 Å². The minimum atomic E-state index is -3.74. The average Bonchev–Trinajstić information content (AvgIpc) is 2.60. The summed E-state index contributed by atoms with van der Waals surface area (Å²) in [6, 6.07) is 0.676. The van der Waals surface area contributed by atoms with Gasteiger partial charge < -0.3 is 5.11 Å². The molecule has 0 radical (unpaired) electrons. The molecule has 5 nitrogen and oxygen atoms in total. The van der Waals surface area contributed by atoms with E-state index in [9.17, 15) is 13.2 Å². The first kappa shape index (κ1) is 13.7. The van der Waals surface area contributed by atoms with E-state index in [0.717, 1.165) is 0 Å². The molecule has 17 heavy (non-hydrogen) atoms. The maximum absolute atomic E-state index is 11.8. The fourth-order valence-electron chi connectivity index (χ4n) is 1.12. The number of thiophene rings is 1. The van der Waals surface area contributed by atoms with Crippen LogP contribution in [-0.4, -0.2) is 25.5 Å². The van der Waals surface area contributed by atoms with Crippen molar-refractivity contribution >= 4 is 27.3 Å². The van der Waals surface area contributed by atoms with Gasteiger partial charge in [-0.05, 0) is 25.5 Å². The number of hydrogen-bond acceptors (Lipinski definition) is 4. The number of sulfonamides is 1. The van der Waals surface area contributed by atoms with Crippen molar-refractivity contribution < 1.29 is 18.3 Å². The molecular formula is C10H11NO4S2. The smallest absolute Gasteiger partial charge is 0.346 e. The third kappa shape index (κ3) is 3.06. The van der Waals surface area contributed by atoms with Crippen molar-refractivity contribution in [1.29, 1.82) is 0 Å². The summed E-state index contributed by atoms with van der Waals surface area (Å²) in [6.07, 6.45) is 5.07. The van der Waals surface area contributed by atoms with Gasteiger partial charge in [0.2, 0.25) is 0 Å². The van der Waals surface area contributed by atoms with Crippen molar-refractivity contribution in [2.75, 3.05) is 0 Å². The molecule has 0 saturated heterocycles. The Morgan fingerprint density at radius 1 is 1.65 bits per heavy atom. The van der Waals surface area contributed by atoms with Gasteiger partial charge in [-0.3, -0.25) is 0 Å². The highest BCUT2D eigenvalue weighted by Gasteiger charge is 2.22. The van der Waals surface area contributed by atoms with E-state index in [4.69, 9.17) is 11.5 Å². The van der Waals surface area contributed by atoms with E-state index in [0.29, 0.717) is 16.9 Å². The van der Waals surface area contributed by atoms with Gasteiger partial charge in [0.1, 0.15) is 9.09 Å². The monoisotopic (exact) mass is 273 g/mol. The van der Waals surface area contributed by atoms with Crippen LogP contribution in [0.3, 0.4) is 0 Å². The standard InChI is InChI=1S/C10H11NO4S2/c1-4-7(3)11-17(14,15)8-5-6(2)9(16-8)10(12)13/h1,5,7,11H,2-3H3,(H,12,13). The Balaban J connectivity index is 3.14. The number of nitrogens with one attached hydrogen (secondary N) is 1. The van der Waals surface area contributed by atoms with Gasteiger partial charge in [0.05, 0.1) is 6.04 Å². The Morgan fingerprint density at radius 2 is 2.24 bits per heavy atom. The van der Waals surface area contributed by atoms with Crippen LogP contribution < -0.4 is 4.72 Å². The molecule has 7 heteroatoms. The van der Waals surface area contributed by atoms with E-state index in [1.54, 1.807) is 6.92 Å². The van der Waals surface area contributed by atoms with Gasteiger partial charge in [-0.15, -0.1) is 17.8 Å². The molecule has 0 saturated carbocycles. The molecule has 0 aromatic carbocycles. The molecule has 0 bridgehead atoms. The third-order valence-corrected chi connectivity index (χ3v) is 5.18. The molecule has 1 atom stereocenters. The summed E-state index contributed by atoms with van der Waals surface area (Å²) in [5, 5.41) is 8.84. The highest BCUT2D eigenvalue weighted by molar-refractivity contribution is 7.91. The molecule has 2 N–H and O–H groups in total. The van der Waals surface area contributed by atoms with Gasteiger partial charge >= 0.3 is 5.97 Å². The Morgan fingerprint density at radius 3 is 2.65 bits per heavy atom. The number of carboxylic acid groups (broad SMARTS) is 1. The molecule has 0 aliphatic heterocycles. The Labute approximate surface area is 104 Å². The molecule has 1 heterocycles. The number of carbonyl (C=O) groups is 1. The second-order valence-corrected chi connectivity index (χ2v) is 6.39. The van der Waals surface area contributed by atoms with Crippen LogP contribution in [0.5, 0.6) is 0 Å². The Hall–Kier alpha value is -1.36. The first-order valence-electron chi connectivity index (χ1n) is 4.60. The fraction of sp³-hybridized carbons (Fsp3) is 0.300. The van der Waals surface area contributed by atoms with E-state index in [2.05, 4.69) is 10.6 Å². The summed E-state index contributed by atoms with van der Waals surface area (Å²) in [7, 11) is -3.74. The number of aromatic carboxylic acids is 1. The minimum Gasteiger partial charge on any atom is -0.477 e. The molecule has 0 aliphatic carbocycles. The van der Waals surface area contributed by atoms with Crippen molar-refractivity contribution in [3.63, 3.8) is 0 Å². The molecule has 0 amide bonds. The Bertz CT molecular complexity index is 580. The zero-order valence-corrected chi connectivity index (χ0v) is 10.9. The first-order chi connectivity index (χ1) is 7.77. The van der Waals surface area contributed by atoms with Crippen LogP contribution in [0.1, 0.15) is 22.2 Å². The van der Waals surface area contributed by atoms with Gasteiger partial charge in [-0.1, -0.05) is 5.92 Å². The summed E-state index contributed by atoms with van der Waals surface area (Å²) in [4.78, 5) is 10.8. The van der Waals surface area contributed by atoms with Gasteiger partial charge in [-0.2, -0.15) is 4.72 Å². The largest absolute Gasteiger partial charge is 0.477 e. The minimum absolute atomic E-state index is 0.0127. The lowest BCUT2D eigenvalue weighted by Gasteiger charge is -2.06. The number of aryl methyl sites for hydroxylation is 1. The zero-order valence-electron chi connectivity index (χ0n) is 9.22. The second-order valence-electron chi connectivity index (χ2n) is 3.39. The molecule has 92 valence electrons. The zero-order chi connectivity index (χ0) is 13.2. The van der Waals surface area contributed by atoms with E-state index in [-0.39, 0.29) is 9.09 Å². The van der Waals surface area contributed by atoms with Crippen LogP contribution in [0.4, 0.5) is 0 Å². The van der Waals surface area contributed by atoms with Crippen molar-refractivity contribution in [3.8, 4) is 12.3 Å². The second kappa shape index (κ2) is 4.87.